The van der Waals surface area contributed by atoms with E-state index in [1.54, 1.807) is 7.11 Å². The minimum absolute atomic E-state index is 0.0917. The van der Waals surface area contributed by atoms with Crippen LogP contribution < -0.4 is 5.32 Å². The number of nitrogens with zero attached hydrogens (tertiary/aromatic N) is 2. The Balaban J connectivity index is 1.75. The van der Waals surface area contributed by atoms with Gasteiger partial charge in [-0.2, -0.15) is 0 Å². The number of amides is 1. The minimum atomic E-state index is 0.0917. The standard InChI is InChI=1S/C15H23N3O2/c1-12-3-6-16-9-13(12)10-17-14-4-7-18(8-5-14)15(19)11-20-2/h3,6,9,14,17H,4-5,7-8,10-11H2,1-2H3. The Morgan fingerprint density at radius 1 is 1.50 bits per heavy atom. The van der Waals surface area contributed by atoms with E-state index >= 15 is 0 Å². The van der Waals surface area contributed by atoms with Gasteiger partial charge in [0.1, 0.15) is 6.61 Å². The first-order valence-corrected chi connectivity index (χ1v) is 7.10. The summed E-state index contributed by atoms with van der Waals surface area (Å²) in [4.78, 5) is 17.7. The molecular weight excluding hydrogens is 254 g/mol. The SMILES string of the molecule is COCC(=O)N1CCC(NCc2cnccc2C)CC1. The molecule has 2 heterocycles. The molecule has 5 nitrogen and oxygen atoms in total. The fourth-order valence-corrected chi connectivity index (χ4v) is 2.48. The highest BCUT2D eigenvalue weighted by Crippen LogP contribution is 2.12. The van der Waals surface area contributed by atoms with Crippen LogP contribution in [0, 0.1) is 6.92 Å². The first-order chi connectivity index (χ1) is 9.70. The number of aromatic nitrogens is 1. The van der Waals surface area contributed by atoms with Crippen molar-refractivity contribution in [3.63, 3.8) is 0 Å². The maximum Gasteiger partial charge on any atom is 0.248 e. The van der Waals surface area contributed by atoms with Crippen molar-refractivity contribution in [3.8, 4) is 0 Å². The van der Waals surface area contributed by atoms with Crippen LogP contribution in [0.4, 0.5) is 0 Å². The molecule has 1 saturated heterocycles. The Morgan fingerprint density at radius 2 is 2.25 bits per heavy atom. The lowest BCUT2D eigenvalue weighted by Gasteiger charge is -2.32. The smallest absolute Gasteiger partial charge is 0.248 e. The number of carbonyl (C=O) groups is 1. The highest BCUT2D eigenvalue weighted by molar-refractivity contribution is 5.77. The van der Waals surface area contributed by atoms with Crippen LogP contribution in [0.3, 0.4) is 0 Å². The number of rotatable bonds is 5. The maximum atomic E-state index is 11.7. The van der Waals surface area contributed by atoms with Crippen molar-refractivity contribution < 1.29 is 9.53 Å². The molecule has 1 aromatic rings. The van der Waals surface area contributed by atoms with Gasteiger partial charge in [-0.25, -0.2) is 0 Å². The van der Waals surface area contributed by atoms with E-state index in [1.807, 2.05) is 23.4 Å². The first kappa shape index (κ1) is 14.9. The third-order valence-corrected chi connectivity index (χ3v) is 3.84. The van der Waals surface area contributed by atoms with Gasteiger partial charge in [-0.3, -0.25) is 9.78 Å². The topological polar surface area (TPSA) is 54.5 Å². The molecule has 0 atom stereocenters. The van der Waals surface area contributed by atoms with E-state index in [0.717, 1.165) is 32.5 Å². The summed E-state index contributed by atoms with van der Waals surface area (Å²) in [5.41, 5.74) is 2.51. The summed E-state index contributed by atoms with van der Waals surface area (Å²) in [5.74, 6) is 0.0917. The van der Waals surface area contributed by atoms with Gasteiger partial charge in [-0.1, -0.05) is 0 Å². The van der Waals surface area contributed by atoms with E-state index in [9.17, 15) is 4.79 Å². The van der Waals surface area contributed by atoms with Crippen molar-refractivity contribution >= 4 is 5.91 Å². The zero-order valence-corrected chi connectivity index (χ0v) is 12.3. The van der Waals surface area contributed by atoms with E-state index < -0.39 is 0 Å². The van der Waals surface area contributed by atoms with Crippen LogP contribution in [-0.2, 0) is 16.1 Å². The lowest BCUT2D eigenvalue weighted by Crippen LogP contribution is -2.45. The Bertz CT molecular complexity index is 442. The molecule has 0 spiro atoms. The molecule has 1 amide bonds. The predicted molar refractivity (Wildman–Crippen MR) is 77.3 cm³/mol. The average molecular weight is 277 g/mol. The van der Waals surface area contributed by atoms with Crippen LogP contribution in [0.5, 0.6) is 0 Å². The van der Waals surface area contributed by atoms with E-state index in [0.29, 0.717) is 6.04 Å². The Morgan fingerprint density at radius 3 is 2.90 bits per heavy atom. The number of hydrogen-bond acceptors (Lipinski definition) is 4. The molecule has 1 aliphatic heterocycles. The molecule has 1 N–H and O–H groups in total. The molecular formula is C15H23N3O2. The van der Waals surface area contributed by atoms with Gasteiger partial charge in [0.15, 0.2) is 0 Å². The average Bonchev–Trinajstić information content (AvgIpc) is 2.47. The first-order valence-electron chi connectivity index (χ1n) is 7.10. The summed E-state index contributed by atoms with van der Waals surface area (Å²) in [6.45, 7) is 4.76. The number of methoxy groups -OCH3 is 1. The number of piperidine rings is 1. The third-order valence-electron chi connectivity index (χ3n) is 3.84. The van der Waals surface area contributed by atoms with Gasteiger partial charge in [0.25, 0.3) is 0 Å². The quantitative estimate of drug-likeness (QED) is 0.876. The van der Waals surface area contributed by atoms with Crippen molar-refractivity contribution in [3.05, 3.63) is 29.6 Å². The second-order valence-electron chi connectivity index (χ2n) is 5.27. The predicted octanol–water partition coefficient (Wildman–Crippen LogP) is 1.12. The van der Waals surface area contributed by atoms with Crippen LogP contribution in [-0.4, -0.2) is 48.6 Å². The monoisotopic (exact) mass is 277 g/mol. The normalized spacial score (nSPS) is 16.4. The molecule has 20 heavy (non-hydrogen) atoms. The highest BCUT2D eigenvalue weighted by atomic mass is 16.5. The van der Waals surface area contributed by atoms with Crippen molar-refractivity contribution in [1.29, 1.82) is 0 Å². The summed E-state index contributed by atoms with van der Waals surface area (Å²) >= 11 is 0. The second kappa shape index (κ2) is 7.36. The number of ether oxygens (including phenoxy) is 1. The fourth-order valence-electron chi connectivity index (χ4n) is 2.48. The molecule has 2 rings (SSSR count). The van der Waals surface area contributed by atoms with Crippen LogP contribution in [0.1, 0.15) is 24.0 Å². The lowest BCUT2D eigenvalue weighted by molar-refractivity contribution is -0.136. The van der Waals surface area contributed by atoms with Crippen LogP contribution in [0.25, 0.3) is 0 Å². The van der Waals surface area contributed by atoms with E-state index in [-0.39, 0.29) is 12.5 Å². The fraction of sp³-hybridized carbons (Fsp3) is 0.600. The number of pyridine rings is 1. The van der Waals surface area contributed by atoms with E-state index in [1.165, 1.54) is 11.1 Å². The van der Waals surface area contributed by atoms with Crippen molar-refractivity contribution in [1.82, 2.24) is 15.2 Å². The van der Waals surface area contributed by atoms with Crippen LogP contribution >= 0.6 is 0 Å². The van der Waals surface area contributed by atoms with E-state index in [2.05, 4.69) is 17.2 Å². The maximum absolute atomic E-state index is 11.7. The highest BCUT2D eigenvalue weighted by Gasteiger charge is 2.22. The number of nitrogens with one attached hydrogen (secondary N) is 1. The summed E-state index contributed by atoms with van der Waals surface area (Å²) in [6, 6.07) is 2.50. The largest absolute Gasteiger partial charge is 0.375 e. The summed E-state index contributed by atoms with van der Waals surface area (Å²) in [5, 5.41) is 3.56. The molecule has 0 unspecified atom stereocenters. The van der Waals surface area contributed by atoms with Gasteiger partial charge >= 0.3 is 0 Å². The van der Waals surface area contributed by atoms with Gasteiger partial charge in [0.2, 0.25) is 5.91 Å². The Kier molecular flexibility index (Phi) is 5.49. The van der Waals surface area contributed by atoms with Crippen molar-refractivity contribution in [2.45, 2.75) is 32.4 Å². The van der Waals surface area contributed by atoms with Gasteiger partial charge in [0, 0.05) is 45.2 Å². The zero-order valence-electron chi connectivity index (χ0n) is 12.3. The molecule has 0 saturated carbocycles. The van der Waals surface area contributed by atoms with Gasteiger partial charge in [0.05, 0.1) is 0 Å². The molecule has 1 aromatic heterocycles. The lowest BCUT2D eigenvalue weighted by atomic mass is 10.0. The van der Waals surface area contributed by atoms with Crippen molar-refractivity contribution in [2.24, 2.45) is 0 Å². The summed E-state index contributed by atoms with van der Waals surface area (Å²) < 4.78 is 4.89. The third kappa shape index (κ3) is 4.02. The number of aryl methyl sites for hydroxylation is 1. The van der Waals surface area contributed by atoms with Gasteiger partial charge < -0.3 is 15.0 Å². The molecule has 0 aliphatic carbocycles. The molecule has 1 aliphatic rings. The van der Waals surface area contributed by atoms with Crippen LogP contribution in [0.15, 0.2) is 18.5 Å². The molecule has 0 bridgehead atoms. The number of likely N-dealkylation sites (tertiary alicyclic amines) is 1. The van der Waals surface area contributed by atoms with Crippen molar-refractivity contribution in [2.75, 3.05) is 26.8 Å². The summed E-state index contributed by atoms with van der Waals surface area (Å²) in [7, 11) is 1.56. The molecule has 110 valence electrons. The Labute approximate surface area is 120 Å². The zero-order chi connectivity index (χ0) is 14.4. The van der Waals surface area contributed by atoms with E-state index in [4.69, 9.17) is 4.74 Å². The second-order valence-corrected chi connectivity index (χ2v) is 5.27. The number of carbonyl (C=O) groups excluding carboxylic acids is 1. The van der Waals surface area contributed by atoms with Gasteiger partial charge in [-0.15, -0.1) is 0 Å². The molecule has 5 heteroatoms. The molecule has 0 radical (unpaired) electrons. The Hall–Kier alpha value is -1.46. The molecule has 1 fully saturated rings. The summed E-state index contributed by atoms with van der Waals surface area (Å²) in [6.07, 6.45) is 5.72. The molecule has 0 aromatic carbocycles. The number of hydrogen-bond donors (Lipinski definition) is 1. The van der Waals surface area contributed by atoms with Crippen LogP contribution in [0.2, 0.25) is 0 Å². The van der Waals surface area contributed by atoms with Gasteiger partial charge in [-0.05, 0) is 37.0 Å². The minimum Gasteiger partial charge on any atom is -0.375 e.